The molecular weight excluding hydrogens is 458 g/mol. The van der Waals surface area contributed by atoms with Crippen molar-refractivity contribution in [2.45, 2.75) is 44.8 Å². The zero-order valence-corrected chi connectivity index (χ0v) is 21.2. The first-order chi connectivity index (χ1) is 17.1. The molecule has 5 rings (SSSR count). The SMILES string of the molecule is Cc1ccc(Cn2c3ccc(C)cc3c3nnc(SCCCCC(=O)N4CCOCC4)nc32)cc1. The van der Waals surface area contributed by atoms with E-state index in [9.17, 15) is 4.79 Å². The van der Waals surface area contributed by atoms with Crippen molar-refractivity contribution in [2.75, 3.05) is 32.1 Å². The number of aromatic nitrogens is 4. The molecule has 0 atom stereocenters. The molecule has 1 amide bonds. The summed E-state index contributed by atoms with van der Waals surface area (Å²) in [5, 5.41) is 10.8. The van der Waals surface area contributed by atoms with E-state index in [0.29, 0.717) is 37.9 Å². The van der Waals surface area contributed by atoms with E-state index >= 15 is 0 Å². The molecule has 1 aliphatic heterocycles. The number of hydrogen-bond acceptors (Lipinski definition) is 6. The van der Waals surface area contributed by atoms with Crippen molar-refractivity contribution in [3.05, 3.63) is 59.2 Å². The molecule has 0 saturated carbocycles. The Bertz CT molecular complexity index is 1330. The maximum atomic E-state index is 12.3. The van der Waals surface area contributed by atoms with Crippen molar-refractivity contribution >= 4 is 39.7 Å². The monoisotopic (exact) mass is 489 g/mol. The summed E-state index contributed by atoms with van der Waals surface area (Å²) in [5.41, 5.74) is 6.51. The molecule has 1 fully saturated rings. The number of carbonyl (C=O) groups is 1. The first-order valence-electron chi connectivity index (χ1n) is 12.3. The number of carbonyl (C=O) groups excluding carboxylic acids is 1. The lowest BCUT2D eigenvalue weighted by atomic mass is 10.1. The molecule has 8 heteroatoms. The first-order valence-corrected chi connectivity index (χ1v) is 13.2. The molecule has 0 aliphatic carbocycles. The van der Waals surface area contributed by atoms with Gasteiger partial charge in [-0.05, 0) is 44.4 Å². The van der Waals surface area contributed by atoms with Crippen LogP contribution in [0.25, 0.3) is 22.1 Å². The number of aryl methyl sites for hydroxylation is 2. The Labute approximate surface area is 209 Å². The second-order valence-corrected chi connectivity index (χ2v) is 10.2. The van der Waals surface area contributed by atoms with Crippen LogP contribution in [0.1, 0.15) is 36.0 Å². The van der Waals surface area contributed by atoms with E-state index in [2.05, 4.69) is 71.1 Å². The van der Waals surface area contributed by atoms with Crippen LogP contribution in [0, 0.1) is 13.8 Å². The average Bonchev–Trinajstić information content (AvgIpc) is 3.17. The van der Waals surface area contributed by atoms with Crippen molar-refractivity contribution in [3.8, 4) is 0 Å². The minimum absolute atomic E-state index is 0.230. The van der Waals surface area contributed by atoms with Crippen LogP contribution in [-0.4, -0.2) is 62.6 Å². The predicted molar refractivity (Wildman–Crippen MR) is 140 cm³/mol. The quantitative estimate of drug-likeness (QED) is 0.262. The number of nitrogens with zero attached hydrogens (tertiary/aromatic N) is 5. The fourth-order valence-corrected chi connectivity index (χ4v) is 5.25. The zero-order valence-electron chi connectivity index (χ0n) is 20.4. The minimum atomic E-state index is 0.230. The Morgan fingerprint density at radius 3 is 2.57 bits per heavy atom. The topological polar surface area (TPSA) is 73.1 Å². The molecular formula is C27H31N5O2S. The summed E-state index contributed by atoms with van der Waals surface area (Å²) in [5.74, 6) is 1.09. The highest BCUT2D eigenvalue weighted by Crippen LogP contribution is 2.29. The molecule has 1 saturated heterocycles. The van der Waals surface area contributed by atoms with Gasteiger partial charge in [-0.25, -0.2) is 4.98 Å². The Kier molecular flexibility index (Phi) is 7.29. The van der Waals surface area contributed by atoms with Gasteiger partial charge < -0.3 is 14.2 Å². The maximum Gasteiger partial charge on any atom is 0.222 e. The van der Waals surface area contributed by atoms with Gasteiger partial charge in [0, 0.05) is 37.2 Å². The standard InChI is InChI=1S/C27H31N5O2S/c1-19-6-9-21(10-7-19)18-32-23-11-8-20(2)17-22(23)25-26(32)28-27(30-29-25)35-16-4-3-5-24(33)31-12-14-34-15-13-31/h6-11,17H,3-5,12-16,18H2,1-2H3. The molecule has 35 heavy (non-hydrogen) atoms. The third-order valence-electron chi connectivity index (χ3n) is 6.44. The number of ether oxygens (including phenoxy) is 1. The van der Waals surface area contributed by atoms with Gasteiger partial charge in [-0.1, -0.05) is 53.2 Å². The second kappa shape index (κ2) is 10.7. The van der Waals surface area contributed by atoms with Crippen LogP contribution >= 0.6 is 11.8 Å². The number of unbranched alkanes of at least 4 members (excludes halogenated alkanes) is 1. The largest absolute Gasteiger partial charge is 0.378 e. The number of fused-ring (bicyclic) bond motifs is 3. The number of morpholine rings is 1. The fraction of sp³-hybridized carbons (Fsp3) is 0.407. The Balaban J connectivity index is 1.29. The van der Waals surface area contributed by atoms with Gasteiger partial charge in [0.1, 0.15) is 5.52 Å². The summed E-state index contributed by atoms with van der Waals surface area (Å²) in [6.07, 6.45) is 2.39. The summed E-state index contributed by atoms with van der Waals surface area (Å²) in [4.78, 5) is 19.2. The lowest BCUT2D eigenvalue weighted by Gasteiger charge is -2.26. The van der Waals surface area contributed by atoms with Crippen LogP contribution in [0.3, 0.4) is 0 Å². The lowest BCUT2D eigenvalue weighted by Crippen LogP contribution is -2.40. The van der Waals surface area contributed by atoms with Crippen LogP contribution in [0.2, 0.25) is 0 Å². The highest BCUT2D eigenvalue weighted by Gasteiger charge is 2.17. The van der Waals surface area contributed by atoms with E-state index in [4.69, 9.17) is 9.72 Å². The van der Waals surface area contributed by atoms with Gasteiger partial charge in [0.25, 0.3) is 0 Å². The van der Waals surface area contributed by atoms with E-state index < -0.39 is 0 Å². The molecule has 2 aromatic heterocycles. The molecule has 3 heterocycles. The fourth-order valence-electron chi connectivity index (χ4n) is 4.46. The smallest absolute Gasteiger partial charge is 0.222 e. The first kappa shape index (κ1) is 23.8. The van der Waals surface area contributed by atoms with Crippen LogP contribution < -0.4 is 0 Å². The van der Waals surface area contributed by atoms with Crippen LogP contribution in [-0.2, 0) is 16.1 Å². The molecule has 4 aromatic rings. The average molecular weight is 490 g/mol. The van der Waals surface area contributed by atoms with Gasteiger partial charge in [0.05, 0.1) is 18.7 Å². The highest BCUT2D eigenvalue weighted by atomic mass is 32.2. The molecule has 0 N–H and O–H groups in total. The van der Waals surface area contributed by atoms with E-state index in [-0.39, 0.29) is 5.91 Å². The zero-order chi connectivity index (χ0) is 24.2. The van der Waals surface area contributed by atoms with Gasteiger partial charge >= 0.3 is 0 Å². The predicted octanol–water partition coefficient (Wildman–Crippen LogP) is 4.77. The normalized spacial score (nSPS) is 14.2. The van der Waals surface area contributed by atoms with E-state index in [1.165, 1.54) is 16.7 Å². The number of rotatable bonds is 8. The van der Waals surface area contributed by atoms with Gasteiger partial charge in [0.15, 0.2) is 5.65 Å². The Morgan fingerprint density at radius 1 is 1.00 bits per heavy atom. The van der Waals surface area contributed by atoms with Gasteiger partial charge in [0.2, 0.25) is 11.1 Å². The third kappa shape index (κ3) is 5.49. The van der Waals surface area contributed by atoms with Crippen molar-refractivity contribution in [3.63, 3.8) is 0 Å². The number of hydrogen-bond donors (Lipinski definition) is 0. The maximum absolute atomic E-state index is 12.3. The molecule has 7 nitrogen and oxygen atoms in total. The number of thioether (sulfide) groups is 1. The van der Waals surface area contributed by atoms with E-state index in [1.54, 1.807) is 11.8 Å². The molecule has 0 unspecified atom stereocenters. The van der Waals surface area contributed by atoms with Crippen molar-refractivity contribution in [1.82, 2.24) is 24.6 Å². The molecule has 182 valence electrons. The summed E-state index contributed by atoms with van der Waals surface area (Å²) in [6, 6.07) is 15.1. The van der Waals surface area contributed by atoms with E-state index in [0.717, 1.165) is 47.2 Å². The van der Waals surface area contributed by atoms with Crippen molar-refractivity contribution in [1.29, 1.82) is 0 Å². The summed E-state index contributed by atoms with van der Waals surface area (Å²) in [6.45, 7) is 7.65. The molecule has 1 aliphatic rings. The van der Waals surface area contributed by atoms with Crippen molar-refractivity contribution < 1.29 is 9.53 Å². The molecule has 0 radical (unpaired) electrons. The number of benzene rings is 2. The van der Waals surface area contributed by atoms with Crippen molar-refractivity contribution in [2.24, 2.45) is 0 Å². The highest BCUT2D eigenvalue weighted by molar-refractivity contribution is 7.99. The van der Waals surface area contributed by atoms with Gasteiger partial charge in [-0.3, -0.25) is 4.79 Å². The van der Waals surface area contributed by atoms with E-state index in [1.807, 2.05) is 4.90 Å². The Morgan fingerprint density at radius 2 is 1.77 bits per heavy atom. The lowest BCUT2D eigenvalue weighted by molar-refractivity contribution is -0.135. The van der Waals surface area contributed by atoms with Crippen LogP contribution in [0.15, 0.2) is 47.6 Å². The number of amides is 1. The molecule has 0 bridgehead atoms. The van der Waals surface area contributed by atoms with Gasteiger partial charge in [-0.15, -0.1) is 10.2 Å². The molecule has 0 spiro atoms. The van der Waals surface area contributed by atoms with Gasteiger partial charge in [-0.2, -0.15) is 0 Å². The Hall–Kier alpha value is -2.97. The summed E-state index contributed by atoms with van der Waals surface area (Å²) in [7, 11) is 0. The molecule has 2 aromatic carbocycles. The van der Waals surface area contributed by atoms with Crippen LogP contribution in [0.4, 0.5) is 0 Å². The third-order valence-corrected chi connectivity index (χ3v) is 7.37. The van der Waals surface area contributed by atoms with Crippen LogP contribution in [0.5, 0.6) is 0 Å². The minimum Gasteiger partial charge on any atom is -0.378 e. The summed E-state index contributed by atoms with van der Waals surface area (Å²) < 4.78 is 7.57. The second-order valence-electron chi connectivity index (χ2n) is 9.16. The summed E-state index contributed by atoms with van der Waals surface area (Å²) >= 11 is 1.61.